The zero-order chi connectivity index (χ0) is 14.5. The van der Waals surface area contributed by atoms with Crippen molar-refractivity contribution in [1.82, 2.24) is 10.6 Å². The number of carbonyl (C=O) groups is 1. The predicted molar refractivity (Wildman–Crippen MR) is 77.9 cm³/mol. The van der Waals surface area contributed by atoms with Gasteiger partial charge in [0.1, 0.15) is 0 Å². The molecule has 0 saturated carbocycles. The maximum absolute atomic E-state index is 12.4. The number of rotatable bonds is 6. The monoisotopic (exact) mass is 270 g/mol. The Kier molecular flexibility index (Phi) is 5.81. The maximum Gasteiger partial charge on any atom is 0.226 e. The minimum Gasteiger partial charge on any atom is -0.396 e. The van der Waals surface area contributed by atoms with Crippen molar-refractivity contribution >= 4 is 5.91 Å². The van der Waals surface area contributed by atoms with Crippen LogP contribution in [0.2, 0.25) is 0 Å². The first-order chi connectivity index (χ1) is 8.79. The number of carbonyl (C=O) groups excluding carboxylic acids is 1. The van der Waals surface area contributed by atoms with E-state index in [1.165, 1.54) is 0 Å². The molecule has 3 N–H and O–H groups in total. The number of nitrogens with one attached hydrogen (secondary N) is 2. The van der Waals surface area contributed by atoms with Crippen molar-refractivity contribution in [2.24, 2.45) is 16.7 Å². The van der Waals surface area contributed by atoms with E-state index in [0.717, 1.165) is 25.9 Å². The zero-order valence-electron chi connectivity index (χ0n) is 12.9. The van der Waals surface area contributed by atoms with Crippen molar-refractivity contribution in [2.75, 3.05) is 26.2 Å². The topological polar surface area (TPSA) is 61.4 Å². The van der Waals surface area contributed by atoms with Crippen LogP contribution in [0.1, 0.15) is 47.0 Å². The number of hydrogen-bond acceptors (Lipinski definition) is 3. The van der Waals surface area contributed by atoms with Crippen LogP contribution in [0.3, 0.4) is 0 Å². The van der Waals surface area contributed by atoms with E-state index in [1.54, 1.807) is 0 Å². The Morgan fingerprint density at radius 2 is 2.05 bits per heavy atom. The van der Waals surface area contributed by atoms with E-state index in [2.05, 4.69) is 24.5 Å². The quantitative estimate of drug-likeness (QED) is 0.686. The fraction of sp³-hybridized carbons (Fsp3) is 0.933. The molecule has 1 rings (SSSR count). The van der Waals surface area contributed by atoms with Gasteiger partial charge in [0, 0.05) is 18.6 Å². The van der Waals surface area contributed by atoms with Crippen LogP contribution in [-0.2, 0) is 4.79 Å². The summed E-state index contributed by atoms with van der Waals surface area (Å²) in [5.74, 6) is 0.536. The highest BCUT2D eigenvalue weighted by Gasteiger charge is 2.37. The van der Waals surface area contributed by atoms with Crippen molar-refractivity contribution < 1.29 is 9.90 Å². The van der Waals surface area contributed by atoms with E-state index >= 15 is 0 Å². The van der Waals surface area contributed by atoms with Gasteiger partial charge in [0.15, 0.2) is 0 Å². The first-order valence-corrected chi connectivity index (χ1v) is 7.39. The molecule has 0 aromatic heterocycles. The third-order valence-corrected chi connectivity index (χ3v) is 4.42. The van der Waals surface area contributed by atoms with E-state index in [0.29, 0.717) is 18.9 Å². The molecule has 1 atom stereocenters. The molecule has 1 fully saturated rings. The maximum atomic E-state index is 12.4. The van der Waals surface area contributed by atoms with Crippen molar-refractivity contribution in [2.45, 2.75) is 47.0 Å². The summed E-state index contributed by atoms with van der Waals surface area (Å²) in [6, 6.07) is 0. The highest BCUT2D eigenvalue weighted by atomic mass is 16.3. The fourth-order valence-electron chi connectivity index (χ4n) is 2.59. The van der Waals surface area contributed by atoms with Crippen molar-refractivity contribution in [3.8, 4) is 0 Å². The van der Waals surface area contributed by atoms with Gasteiger partial charge in [0.25, 0.3) is 0 Å². The lowest BCUT2D eigenvalue weighted by molar-refractivity contribution is -0.133. The van der Waals surface area contributed by atoms with Crippen molar-refractivity contribution in [3.63, 3.8) is 0 Å². The number of aliphatic hydroxyl groups excluding tert-OH is 1. The van der Waals surface area contributed by atoms with Gasteiger partial charge in [0.2, 0.25) is 5.91 Å². The molecular weight excluding hydrogens is 240 g/mol. The van der Waals surface area contributed by atoms with Crippen LogP contribution in [-0.4, -0.2) is 37.3 Å². The third-order valence-electron chi connectivity index (χ3n) is 4.42. The number of amides is 1. The standard InChI is InChI=1S/C15H30N2O2/c1-14(2,7-9-18)11-17-13(19)15(3,4)12-6-5-8-16-10-12/h12,16,18H,5-11H2,1-4H3,(H,17,19). The molecule has 1 aliphatic heterocycles. The van der Waals surface area contributed by atoms with E-state index in [1.807, 2.05) is 13.8 Å². The van der Waals surface area contributed by atoms with Gasteiger partial charge in [-0.15, -0.1) is 0 Å². The largest absolute Gasteiger partial charge is 0.396 e. The van der Waals surface area contributed by atoms with Gasteiger partial charge in [-0.25, -0.2) is 0 Å². The molecule has 1 saturated heterocycles. The van der Waals surface area contributed by atoms with Gasteiger partial charge in [0.05, 0.1) is 0 Å². The highest BCUT2D eigenvalue weighted by molar-refractivity contribution is 5.82. The fourth-order valence-corrected chi connectivity index (χ4v) is 2.59. The van der Waals surface area contributed by atoms with E-state index in [4.69, 9.17) is 5.11 Å². The number of aliphatic hydroxyl groups is 1. The average molecular weight is 270 g/mol. The number of piperidine rings is 1. The molecule has 0 spiro atoms. The summed E-state index contributed by atoms with van der Waals surface area (Å²) in [5.41, 5.74) is -0.381. The van der Waals surface area contributed by atoms with E-state index < -0.39 is 0 Å². The summed E-state index contributed by atoms with van der Waals surface area (Å²) in [5, 5.41) is 15.5. The molecule has 0 radical (unpaired) electrons. The minimum atomic E-state index is -0.331. The molecule has 19 heavy (non-hydrogen) atoms. The molecule has 0 aromatic carbocycles. The van der Waals surface area contributed by atoms with Gasteiger partial charge in [-0.1, -0.05) is 27.7 Å². The lowest BCUT2D eigenvalue weighted by Crippen LogP contribution is -2.49. The van der Waals surface area contributed by atoms with Crippen LogP contribution < -0.4 is 10.6 Å². The average Bonchev–Trinajstić information content (AvgIpc) is 2.37. The second-order valence-corrected chi connectivity index (χ2v) is 7.09. The number of hydrogen-bond donors (Lipinski definition) is 3. The van der Waals surface area contributed by atoms with Crippen LogP contribution in [0.15, 0.2) is 0 Å². The van der Waals surface area contributed by atoms with Gasteiger partial charge >= 0.3 is 0 Å². The summed E-state index contributed by atoms with van der Waals surface area (Å²) in [6.45, 7) is 11.0. The molecule has 112 valence electrons. The Labute approximate surface area is 117 Å². The van der Waals surface area contributed by atoms with Gasteiger partial charge < -0.3 is 15.7 Å². The molecule has 1 amide bonds. The van der Waals surface area contributed by atoms with Crippen LogP contribution in [0, 0.1) is 16.7 Å². The Bertz CT molecular complexity index is 295. The van der Waals surface area contributed by atoms with Crippen LogP contribution >= 0.6 is 0 Å². The molecular formula is C15H30N2O2. The third kappa shape index (κ3) is 4.77. The molecule has 0 aliphatic carbocycles. The normalized spacial score (nSPS) is 21.2. The Morgan fingerprint density at radius 3 is 2.58 bits per heavy atom. The first kappa shape index (κ1) is 16.4. The molecule has 4 heteroatoms. The predicted octanol–water partition coefficient (Wildman–Crippen LogP) is 1.54. The summed E-state index contributed by atoms with van der Waals surface area (Å²) in [6.07, 6.45) is 2.98. The minimum absolute atomic E-state index is 0.0503. The van der Waals surface area contributed by atoms with E-state index in [-0.39, 0.29) is 23.3 Å². The first-order valence-electron chi connectivity index (χ1n) is 7.39. The lowest BCUT2D eigenvalue weighted by atomic mass is 9.74. The Morgan fingerprint density at radius 1 is 1.37 bits per heavy atom. The Hall–Kier alpha value is -0.610. The van der Waals surface area contributed by atoms with Crippen LogP contribution in [0.25, 0.3) is 0 Å². The van der Waals surface area contributed by atoms with Gasteiger partial charge in [-0.3, -0.25) is 4.79 Å². The smallest absolute Gasteiger partial charge is 0.226 e. The molecule has 0 aromatic rings. The summed E-state index contributed by atoms with van der Waals surface area (Å²) < 4.78 is 0. The summed E-state index contributed by atoms with van der Waals surface area (Å²) in [7, 11) is 0. The molecule has 0 bridgehead atoms. The highest BCUT2D eigenvalue weighted by Crippen LogP contribution is 2.32. The second-order valence-electron chi connectivity index (χ2n) is 7.09. The summed E-state index contributed by atoms with van der Waals surface area (Å²) in [4.78, 5) is 12.4. The SMILES string of the molecule is CC(C)(CCO)CNC(=O)C(C)(C)C1CCCNC1. The second kappa shape index (κ2) is 6.71. The zero-order valence-corrected chi connectivity index (χ0v) is 12.9. The van der Waals surface area contributed by atoms with Gasteiger partial charge in [-0.2, -0.15) is 0 Å². The molecule has 4 nitrogen and oxygen atoms in total. The molecule has 1 heterocycles. The van der Waals surface area contributed by atoms with Crippen molar-refractivity contribution in [1.29, 1.82) is 0 Å². The summed E-state index contributed by atoms with van der Waals surface area (Å²) >= 11 is 0. The van der Waals surface area contributed by atoms with E-state index in [9.17, 15) is 4.79 Å². The van der Waals surface area contributed by atoms with Gasteiger partial charge in [-0.05, 0) is 43.7 Å². The van der Waals surface area contributed by atoms with Crippen LogP contribution in [0.5, 0.6) is 0 Å². The molecule has 1 aliphatic rings. The van der Waals surface area contributed by atoms with Crippen molar-refractivity contribution in [3.05, 3.63) is 0 Å². The lowest BCUT2D eigenvalue weighted by Gasteiger charge is -2.37. The Balaban J connectivity index is 2.51. The molecule has 1 unspecified atom stereocenters. The van der Waals surface area contributed by atoms with Crippen LogP contribution in [0.4, 0.5) is 0 Å².